The number of likely N-dealkylation sites (N-methyl/N-ethyl adjacent to an activating group) is 1. The lowest BCUT2D eigenvalue weighted by Gasteiger charge is -2.33. The van der Waals surface area contributed by atoms with Crippen molar-refractivity contribution in [2.24, 2.45) is 0 Å². The van der Waals surface area contributed by atoms with Crippen molar-refractivity contribution in [3.63, 3.8) is 0 Å². The van der Waals surface area contributed by atoms with Crippen LogP contribution in [0.5, 0.6) is 0 Å². The molecule has 90 valence electrons. The van der Waals surface area contributed by atoms with Crippen LogP contribution in [0.2, 0.25) is 0 Å². The topological polar surface area (TPSA) is 36.7 Å². The Bertz CT molecular complexity index is 530. The monoisotopic (exact) mass is 295 g/mol. The Morgan fingerprint density at radius 3 is 2.76 bits per heavy atom. The van der Waals surface area contributed by atoms with Gasteiger partial charge in [0.15, 0.2) is 11.5 Å². The number of nitrogens with zero attached hydrogens (tertiary/aromatic N) is 5. The van der Waals surface area contributed by atoms with Gasteiger partial charge in [-0.1, -0.05) is 0 Å². The molecule has 0 bridgehead atoms. The molecule has 1 aliphatic heterocycles. The van der Waals surface area contributed by atoms with Gasteiger partial charge in [-0.05, 0) is 23.0 Å². The summed E-state index contributed by atoms with van der Waals surface area (Å²) in [5, 5.41) is 0. The van der Waals surface area contributed by atoms with Gasteiger partial charge in [-0.25, -0.2) is 9.97 Å². The van der Waals surface area contributed by atoms with Crippen molar-refractivity contribution in [2.45, 2.75) is 0 Å². The third-order valence-corrected chi connectivity index (χ3v) is 3.51. The zero-order valence-corrected chi connectivity index (χ0v) is 11.3. The quantitative estimate of drug-likeness (QED) is 0.793. The first kappa shape index (κ1) is 11.0. The summed E-state index contributed by atoms with van der Waals surface area (Å²) in [6.07, 6.45) is 5.69. The maximum atomic E-state index is 4.56. The second-order valence-electron chi connectivity index (χ2n) is 4.34. The SMILES string of the molecule is CN1CCN(c2nc(Br)cn3ccnc23)CC1. The molecule has 6 heteroatoms. The van der Waals surface area contributed by atoms with Crippen molar-refractivity contribution in [1.29, 1.82) is 0 Å². The zero-order chi connectivity index (χ0) is 11.8. The molecule has 3 heterocycles. The minimum atomic E-state index is 0.844. The molecule has 0 N–H and O–H groups in total. The maximum Gasteiger partial charge on any atom is 0.180 e. The molecule has 1 aliphatic rings. The number of aromatic nitrogens is 3. The first-order chi connectivity index (χ1) is 8.24. The van der Waals surface area contributed by atoms with E-state index in [1.807, 2.05) is 23.0 Å². The lowest BCUT2D eigenvalue weighted by Crippen LogP contribution is -2.45. The molecule has 0 atom stereocenters. The second kappa shape index (κ2) is 4.27. The lowest BCUT2D eigenvalue weighted by molar-refractivity contribution is 0.312. The van der Waals surface area contributed by atoms with Crippen LogP contribution in [0.4, 0.5) is 5.82 Å². The van der Waals surface area contributed by atoms with Crippen LogP contribution in [0.3, 0.4) is 0 Å². The highest BCUT2D eigenvalue weighted by atomic mass is 79.9. The average molecular weight is 296 g/mol. The highest BCUT2D eigenvalue weighted by Crippen LogP contribution is 2.21. The first-order valence-corrected chi connectivity index (χ1v) is 6.46. The van der Waals surface area contributed by atoms with Crippen LogP contribution in [0, 0.1) is 0 Å². The van der Waals surface area contributed by atoms with Gasteiger partial charge in [-0.15, -0.1) is 0 Å². The number of hydrogen-bond acceptors (Lipinski definition) is 4. The summed E-state index contributed by atoms with van der Waals surface area (Å²) in [6.45, 7) is 4.15. The van der Waals surface area contributed by atoms with Crippen molar-refractivity contribution in [3.8, 4) is 0 Å². The van der Waals surface area contributed by atoms with Gasteiger partial charge in [0.2, 0.25) is 0 Å². The molecule has 2 aromatic heterocycles. The standard InChI is InChI=1S/C11H14BrN5/c1-15-4-6-16(7-5-15)11-10-13-2-3-17(10)8-9(12)14-11/h2-3,8H,4-7H2,1H3. The largest absolute Gasteiger partial charge is 0.351 e. The summed E-state index contributed by atoms with van der Waals surface area (Å²) in [5.41, 5.74) is 0.928. The molecule has 0 aromatic carbocycles. The average Bonchev–Trinajstić information content (AvgIpc) is 2.77. The highest BCUT2D eigenvalue weighted by Gasteiger charge is 2.18. The van der Waals surface area contributed by atoms with Gasteiger partial charge in [0.1, 0.15) is 4.60 Å². The van der Waals surface area contributed by atoms with E-state index in [1.54, 1.807) is 0 Å². The molecule has 0 spiro atoms. The molecule has 0 aliphatic carbocycles. The predicted octanol–water partition coefficient (Wildman–Crippen LogP) is 1.24. The van der Waals surface area contributed by atoms with Gasteiger partial charge < -0.3 is 14.2 Å². The fourth-order valence-corrected chi connectivity index (χ4v) is 2.50. The van der Waals surface area contributed by atoms with Crippen molar-refractivity contribution < 1.29 is 0 Å². The summed E-state index contributed by atoms with van der Waals surface area (Å²) in [4.78, 5) is 13.6. The van der Waals surface area contributed by atoms with Gasteiger partial charge in [0, 0.05) is 44.8 Å². The molecular weight excluding hydrogens is 282 g/mol. The number of rotatable bonds is 1. The normalized spacial score (nSPS) is 17.9. The minimum Gasteiger partial charge on any atom is -0.351 e. The highest BCUT2D eigenvalue weighted by molar-refractivity contribution is 9.10. The van der Waals surface area contributed by atoms with Crippen LogP contribution in [0.15, 0.2) is 23.2 Å². The Hall–Kier alpha value is -1.14. The van der Waals surface area contributed by atoms with E-state index in [9.17, 15) is 0 Å². The fourth-order valence-electron chi connectivity index (χ4n) is 2.12. The molecule has 0 saturated carbocycles. The van der Waals surface area contributed by atoms with Gasteiger partial charge in [0.05, 0.1) is 0 Å². The summed E-state index contributed by atoms with van der Waals surface area (Å²) in [6, 6.07) is 0. The van der Waals surface area contributed by atoms with E-state index < -0.39 is 0 Å². The van der Waals surface area contributed by atoms with Gasteiger partial charge in [-0.3, -0.25) is 0 Å². The Balaban J connectivity index is 2.01. The van der Waals surface area contributed by atoms with E-state index in [0.717, 1.165) is 42.2 Å². The number of anilines is 1. The molecule has 0 amide bonds. The molecule has 5 nitrogen and oxygen atoms in total. The smallest absolute Gasteiger partial charge is 0.180 e. The van der Waals surface area contributed by atoms with Crippen LogP contribution in [0.25, 0.3) is 5.65 Å². The van der Waals surface area contributed by atoms with Crippen LogP contribution in [-0.2, 0) is 0 Å². The van der Waals surface area contributed by atoms with Crippen molar-refractivity contribution in [1.82, 2.24) is 19.3 Å². The first-order valence-electron chi connectivity index (χ1n) is 5.67. The zero-order valence-electron chi connectivity index (χ0n) is 9.67. The molecule has 17 heavy (non-hydrogen) atoms. The maximum absolute atomic E-state index is 4.56. The fraction of sp³-hybridized carbons (Fsp3) is 0.455. The number of imidazole rings is 1. The molecule has 2 aromatic rings. The minimum absolute atomic E-state index is 0.844. The lowest BCUT2D eigenvalue weighted by atomic mass is 10.3. The van der Waals surface area contributed by atoms with Crippen molar-refractivity contribution in [2.75, 3.05) is 38.1 Å². The van der Waals surface area contributed by atoms with E-state index in [1.165, 1.54) is 0 Å². The Labute approximate surface area is 108 Å². The molecule has 1 fully saturated rings. The van der Waals surface area contributed by atoms with Crippen LogP contribution >= 0.6 is 15.9 Å². The number of fused-ring (bicyclic) bond motifs is 1. The van der Waals surface area contributed by atoms with Crippen LogP contribution < -0.4 is 4.90 Å². The summed E-state index contributed by atoms with van der Waals surface area (Å²) < 4.78 is 2.85. The molecule has 3 rings (SSSR count). The third kappa shape index (κ3) is 2.02. The van der Waals surface area contributed by atoms with Crippen molar-refractivity contribution in [3.05, 3.63) is 23.2 Å². The summed E-state index contributed by atoms with van der Waals surface area (Å²) in [7, 11) is 2.15. The van der Waals surface area contributed by atoms with E-state index in [2.05, 4.69) is 42.7 Å². The molecule has 1 saturated heterocycles. The van der Waals surface area contributed by atoms with E-state index >= 15 is 0 Å². The van der Waals surface area contributed by atoms with Crippen LogP contribution in [0.1, 0.15) is 0 Å². The molecule has 0 unspecified atom stereocenters. The number of halogens is 1. The third-order valence-electron chi connectivity index (χ3n) is 3.13. The predicted molar refractivity (Wildman–Crippen MR) is 70.4 cm³/mol. The number of hydrogen-bond donors (Lipinski definition) is 0. The van der Waals surface area contributed by atoms with E-state index in [0.29, 0.717) is 0 Å². The van der Waals surface area contributed by atoms with Gasteiger partial charge in [-0.2, -0.15) is 0 Å². The Kier molecular flexibility index (Phi) is 2.76. The Morgan fingerprint density at radius 1 is 1.24 bits per heavy atom. The summed E-state index contributed by atoms with van der Waals surface area (Å²) >= 11 is 3.45. The van der Waals surface area contributed by atoms with Gasteiger partial charge >= 0.3 is 0 Å². The van der Waals surface area contributed by atoms with E-state index in [-0.39, 0.29) is 0 Å². The van der Waals surface area contributed by atoms with E-state index in [4.69, 9.17) is 0 Å². The molecular formula is C11H14BrN5. The molecule has 0 radical (unpaired) electrons. The van der Waals surface area contributed by atoms with Crippen LogP contribution in [-0.4, -0.2) is 52.5 Å². The summed E-state index contributed by atoms with van der Waals surface area (Å²) in [5.74, 6) is 0.970. The number of piperazine rings is 1. The Morgan fingerprint density at radius 2 is 2.00 bits per heavy atom. The van der Waals surface area contributed by atoms with Gasteiger partial charge in [0.25, 0.3) is 0 Å². The second-order valence-corrected chi connectivity index (χ2v) is 5.15. The van der Waals surface area contributed by atoms with Crippen molar-refractivity contribution >= 4 is 27.4 Å².